The summed E-state index contributed by atoms with van der Waals surface area (Å²) < 4.78 is 1.47. The molecule has 17 heavy (non-hydrogen) atoms. The fourth-order valence-corrected chi connectivity index (χ4v) is 1.80. The van der Waals surface area contributed by atoms with Gasteiger partial charge < -0.3 is 5.11 Å². The number of hydrogen-bond donors (Lipinski definition) is 1. The number of benzene rings is 1. The Morgan fingerprint density at radius 2 is 2.24 bits per heavy atom. The highest BCUT2D eigenvalue weighted by Crippen LogP contribution is 2.11. The van der Waals surface area contributed by atoms with Crippen LogP contribution in [0, 0.1) is 0 Å². The van der Waals surface area contributed by atoms with E-state index in [1.54, 1.807) is 6.92 Å². The molecule has 0 spiro atoms. The largest absolute Gasteiger partial charge is 0.394 e. The Balaban J connectivity index is 2.68. The zero-order valence-electron chi connectivity index (χ0n) is 10.1. The van der Waals surface area contributed by atoms with E-state index in [1.165, 1.54) is 10.9 Å². The van der Waals surface area contributed by atoms with E-state index in [4.69, 9.17) is 5.11 Å². The lowest BCUT2D eigenvalue weighted by Crippen LogP contribution is -2.25. The van der Waals surface area contributed by atoms with Crippen molar-refractivity contribution in [3.63, 3.8) is 0 Å². The van der Waals surface area contributed by atoms with Crippen molar-refractivity contribution in [1.29, 1.82) is 0 Å². The highest BCUT2D eigenvalue weighted by molar-refractivity contribution is 5.78. The van der Waals surface area contributed by atoms with Crippen molar-refractivity contribution in [3.8, 4) is 0 Å². The van der Waals surface area contributed by atoms with Crippen molar-refractivity contribution in [1.82, 2.24) is 9.55 Å². The van der Waals surface area contributed by atoms with Crippen LogP contribution in [-0.2, 0) is 6.42 Å². The molecule has 0 unspecified atom stereocenters. The number of rotatable bonds is 3. The fraction of sp³-hybridized carbons (Fsp3) is 0.385. The molecule has 0 saturated carbocycles. The van der Waals surface area contributed by atoms with Crippen molar-refractivity contribution in [2.75, 3.05) is 6.61 Å². The summed E-state index contributed by atoms with van der Waals surface area (Å²) >= 11 is 0. The molecule has 1 aromatic heterocycles. The van der Waals surface area contributed by atoms with Gasteiger partial charge in [0.15, 0.2) is 0 Å². The van der Waals surface area contributed by atoms with Gasteiger partial charge in [-0.05, 0) is 31.0 Å². The second kappa shape index (κ2) is 4.67. The van der Waals surface area contributed by atoms with Crippen LogP contribution in [0.3, 0.4) is 0 Å². The molecule has 0 aliphatic carbocycles. The van der Waals surface area contributed by atoms with Crippen LogP contribution >= 0.6 is 0 Å². The summed E-state index contributed by atoms with van der Waals surface area (Å²) in [5.74, 6) is 0. The quantitative estimate of drug-likeness (QED) is 0.872. The summed E-state index contributed by atoms with van der Waals surface area (Å²) in [6.45, 7) is 3.77. The molecule has 0 bridgehead atoms. The van der Waals surface area contributed by atoms with E-state index < -0.39 is 0 Å². The summed E-state index contributed by atoms with van der Waals surface area (Å²) in [4.78, 5) is 16.4. The van der Waals surface area contributed by atoms with Gasteiger partial charge in [-0.1, -0.05) is 13.0 Å². The molecule has 4 heteroatoms. The molecule has 0 aliphatic heterocycles. The van der Waals surface area contributed by atoms with E-state index in [0.717, 1.165) is 12.0 Å². The van der Waals surface area contributed by atoms with Crippen LogP contribution in [-0.4, -0.2) is 21.3 Å². The Kier molecular flexibility index (Phi) is 3.24. The van der Waals surface area contributed by atoms with Crippen LogP contribution in [0.5, 0.6) is 0 Å². The van der Waals surface area contributed by atoms with Gasteiger partial charge >= 0.3 is 0 Å². The average Bonchev–Trinajstić information content (AvgIpc) is 2.38. The van der Waals surface area contributed by atoms with Crippen molar-refractivity contribution < 1.29 is 5.11 Å². The molecule has 1 heterocycles. The summed E-state index contributed by atoms with van der Waals surface area (Å²) in [7, 11) is 0. The molecular weight excluding hydrogens is 216 g/mol. The van der Waals surface area contributed by atoms with Crippen LogP contribution in [0.25, 0.3) is 10.9 Å². The van der Waals surface area contributed by atoms with Crippen molar-refractivity contribution in [3.05, 3.63) is 40.4 Å². The molecule has 0 aliphatic rings. The van der Waals surface area contributed by atoms with E-state index in [9.17, 15) is 4.79 Å². The van der Waals surface area contributed by atoms with Crippen LogP contribution in [0.4, 0.5) is 0 Å². The van der Waals surface area contributed by atoms with Gasteiger partial charge in [0, 0.05) is 0 Å². The van der Waals surface area contributed by atoms with Gasteiger partial charge in [-0.3, -0.25) is 9.36 Å². The number of aromatic nitrogens is 2. The first-order valence-electron chi connectivity index (χ1n) is 5.78. The highest BCUT2D eigenvalue weighted by atomic mass is 16.3. The smallest absolute Gasteiger partial charge is 0.261 e. The molecule has 4 nitrogen and oxygen atoms in total. The summed E-state index contributed by atoms with van der Waals surface area (Å²) in [5.41, 5.74) is 1.73. The first kappa shape index (κ1) is 11.8. The maximum absolute atomic E-state index is 12.2. The Labute approximate surface area is 99.5 Å². The summed E-state index contributed by atoms with van der Waals surface area (Å²) in [5, 5.41) is 9.72. The molecular formula is C13H16N2O2. The Morgan fingerprint density at radius 1 is 1.47 bits per heavy atom. The highest BCUT2D eigenvalue weighted by Gasteiger charge is 2.09. The lowest BCUT2D eigenvalue weighted by molar-refractivity contribution is 0.236. The molecule has 0 amide bonds. The third-order valence-corrected chi connectivity index (χ3v) is 2.99. The van der Waals surface area contributed by atoms with Gasteiger partial charge in [0.25, 0.3) is 5.56 Å². The Hall–Kier alpha value is -1.68. The predicted octanol–water partition coefficient (Wildman–Crippen LogP) is 1.51. The number of aliphatic hydroxyl groups excluding tert-OH is 1. The van der Waals surface area contributed by atoms with E-state index >= 15 is 0 Å². The Bertz CT molecular complexity index is 589. The van der Waals surface area contributed by atoms with Gasteiger partial charge in [0.05, 0.1) is 29.9 Å². The maximum atomic E-state index is 12.2. The molecule has 2 rings (SSSR count). The normalized spacial score (nSPS) is 12.9. The minimum atomic E-state index is -0.246. The Morgan fingerprint density at radius 3 is 2.88 bits per heavy atom. The van der Waals surface area contributed by atoms with Crippen LogP contribution < -0.4 is 5.56 Å². The van der Waals surface area contributed by atoms with Crippen molar-refractivity contribution in [2.24, 2.45) is 0 Å². The minimum absolute atomic E-state index is 0.0689. The number of hydrogen-bond acceptors (Lipinski definition) is 3. The number of nitrogens with zero attached hydrogens (tertiary/aromatic N) is 2. The van der Waals surface area contributed by atoms with E-state index in [2.05, 4.69) is 4.98 Å². The average molecular weight is 232 g/mol. The summed E-state index contributed by atoms with van der Waals surface area (Å²) in [6, 6.07) is 5.48. The molecule has 1 atom stereocenters. The van der Waals surface area contributed by atoms with E-state index in [-0.39, 0.29) is 18.2 Å². The van der Waals surface area contributed by atoms with Crippen LogP contribution in [0.2, 0.25) is 0 Å². The molecule has 90 valence electrons. The predicted molar refractivity (Wildman–Crippen MR) is 67.2 cm³/mol. The van der Waals surface area contributed by atoms with Gasteiger partial charge in [0.1, 0.15) is 0 Å². The molecule has 0 radical (unpaired) electrons. The second-order valence-corrected chi connectivity index (χ2v) is 4.19. The van der Waals surface area contributed by atoms with Gasteiger partial charge in [-0.15, -0.1) is 0 Å². The first-order chi connectivity index (χ1) is 8.17. The second-order valence-electron chi connectivity index (χ2n) is 4.19. The van der Waals surface area contributed by atoms with Gasteiger partial charge in [0.2, 0.25) is 0 Å². The maximum Gasteiger partial charge on any atom is 0.261 e. The SMILES string of the molecule is CCc1ccc2ncn([C@@H](C)CO)c(=O)c2c1. The van der Waals surface area contributed by atoms with Gasteiger partial charge in [-0.2, -0.15) is 0 Å². The third-order valence-electron chi connectivity index (χ3n) is 2.99. The van der Waals surface area contributed by atoms with Crippen molar-refractivity contribution >= 4 is 10.9 Å². The lowest BCUT2D eigenvalue weighted by atomic mass is 10.1. The monoisotopic (exact) mass is 232 g/mol. The zero-order valence-corrected chi connectivity index (χ0v) is 10.1. The summed E-state index contributed by atoms with van der Waals surface area (Å²) in [6.07, 6.45) is 2.39. The van der Waals surface area contributed by atoms with E-state index in [0.29, 0.717) is 10.9 Å². The van der Waals surface area contributed by atoms with Crippen LogP contribution in [0.1, 0.15) is 25.5 Å². The minimum Gasteiger partial charge on any atom is -0.394 e. The van der Waals surface area contributed by atoms with Crippen LogP contribution in [0.15, 0.2) is 29.3 Å². The molecule has 0 saturated heterocycles. The number of fused-ring (bicyclic) bond motifs is 1. The number of aliphatic hydroxyl groups is 1. The van der Waals surface area contributed by atoms with E-state index in [1.807, 2.05) is 25.1 Å². The fourth-order valence-electron chi connectivity index (χ4n) is 1.80. The molecule has 1 N–H and O–H groups in total. The standard InChI is InChI=1S/C13H16N2O2/c1-3-10-4-5-12-11(6-10)13(17)15(8-14-12)9(2)7-16/h4-6,8-9,16H,3,7H2,1-2H3/t9-/m0/s1. The topological polar surface area (TPSA) is 55.1 Å². The number of aryl methyl sites for hydroxylation is 1. The molecule has 1 aromatic carbocycles. The first-order valence-corrected chi connectivity index (χ1v) is 5.78. The molecule has 2 aromatic rings. The third kappa shape index (κ3) is 2.08. The zero-order chi connectivity index (χ0) is 12.4. The lowest BCUT2D eigenvalue weighted by Gasteiger charge is -2.12. The van der Waals surface area contributed by atoms with Crippen molar-refractivity contribution in [2.45, 2.75) is 26.3 Å². The molecule has 0 fully saturated rings. The van der Waals surface area contributed by atoms with Gasteiger partial charge in [-0.25, -0.2) is 4.98 Å².